The van der Waals surface area contributed by atoms with Crippen molar-refractivity contribution in [3.63, 3.8) is 0 Å². The SMILES string of the molecule is S=c1ccc2c(cc1)CC=C2. The van der Waals surface area contributed by atoms with Crippen molar-refractivity contribution in [3.8, 4) is 0 Å². The Bertz CT molecular complexity index is 364. The first kappa shape index (κ1) is 6.74. The minimum Gasteiger partial charge on any atom is -0.0801 e. The molecule has 11 heavy (non-hydrogen) atoms. The molecule has 0 saturated carbocycles. The van der Waals surface area contributed by atoms with Crippen molar-refractivity contribution in [1.29, 1.82) is 0 Å². The molecule has 0 unspecified atom stereocenters. The van der Waals surface area contributed by atoms with Crippen LogP contribution in [0.1, 0.15) is 11.1 Å². The Morgan fingerprint density at radius 2 is 1.91 bits per heavy atom. The first-order valence-corrected chi connectivity index (χ1v) is 4.07. The maximum atomic E-state index is 5.05. The normalized spacial score (nSPS) is 13.1. The van der Waals surface area contributed by atoms with Gasteiger partial charge in [-0.1, -0.05) is 36.5 Å². The van der Waals surface area contributed by atoms with Gasteiger partial charge in [0, 0.05) is 4.51 Å². The van der Waals surface area contributed by atoms with E-state index in [0.717, 1.165) is 10.9 Å². The molecule has 0 nitrogen and oxygen atoms in total. The quantitative estimate of drug-likeness (QED) is 0.526. The Balaban J connectivity index is 2.72. The maximum absolute atomic E-state index is 5.05. The predicted molar refractivity (Wildman–Crippen MR) is 50.0 cm³/mol. The van der Waals surface area contributed by atoms with E-state index in [1.165, 1.54) is 11.1 Å². The molecule has 0 heterocycles. The summed E-state index contributed by atoms with van der Waals surface area (Å²) in [6.45, 7) is 0. The molecular formula is C10H8S. The molecule has 1 heteroatoms. The fourth-order valence-electron chi connectivity index (χ4n) is 1.27. The van der Waals surface area contributed by atoms with Crippen molar-refractivity contribution < 1.29 is 0 Å². The van der Waals surface area contributed by atoms with Crippen LogP contribution in [0.2, 0.25) is 0 Å². The Labute approximate surface area is 71.2 Å². The second-order valence-corrected chi connectivity index (χ2v) is 3.13. The van der Waals surface area contributed by atoms with E-state index >= 15 is 0 Å². The fraction of sp³-hybridized carbons (Fsp3) is 0.100. The van der Waals surface area contributed by atoms with E-state index < -0.39 is 0 Å². The van der Waals surface area contributed by atoms with Crippen molar-refractivity contribution in [2.24, 2.45) is 0 Å². The molecule has 1 aliphatic carbocycles. The van der Waals surface area contributed by atoms with Gasteiger partial charge in [-0.3, -0.25) is 0 Å². The van der Waals surface area contributed by atoms with Gasteiger partial charge in [0.05, 0.1) is 0 Å². The van der Waals surface area contributed by atoms with Gasteiger partial charge in [-0.2, -0.15) is 0 Å². The van der Waals surface area contributed by atoms with Crippen LogP contribution < -0.4 is 0 Å². The molecule has 1 aromatic rings. The molecule has 0 N–H and O–H groups in total. The van der Waals surface area contributed by atoms with Crippen LogP contribution in [0.3, 0.4) is 0 Å². The summed E-state index contributed by atoms with van der Waals surface area (Å²) in [6, 6.07) is 8.16. The highest BCUT2D eigenvalue weighted by molar-refractivity contribution is 7.71. The molecule has 1 aromatic carbocycles. The van der Waals surface area contributed by atoms with Crippen LogP contribution in [0.5, 0.6) is 0 Å². The number of allylic oxidation sites excluding steroid dienone is 1. The van der Waals surface area contributed by atoms with Crippen LogP contribution in [0.25, 0.3) is 6.08 Å². The van der Waals surface area contributed by atoms with Crippen molar-refractivity contribution in [1.82, 2.24) is 0 Å². The summed E-state index contributed by atoms with van der Waals surface area (Å²) in [6.07, 6.45) is 5.37. The van der Waals surface area contributed by atoms with E-state index in [1.54, 1.807) is 0 Å². The molecule has 54 valence electrons. The summed E-state index contributed by atoms with van der Waals surface area (Å²) in [5.74, 6) is 0. The van der Waals surface area contributed by atoms with E-state index in [1.807, 2.05) is 12.1 Å². The molecule has 0 atom stereocenters. The Kier molecular flexibility index (Phi) is 1.59. The molecule has 0 radical (unpaired) electrons. The number of fused-ring (bicyclic) bond motifs is 1. The molecule has 0 aliphatic heterocycles. The Morgan fingerprint density at radius 3 is 2.82 bits per heavy atom. The summed E-state index contributed by atoms with van der Waals surface area (Å²) < 4.78 is 0.910. The van der Waals surface area contributed by atoms with Gasteiger partial charge < -0.3 is 0 Å². The van der Waals surface area contributed by atoms with E-state index in [2.05, 4.69) is 24.3 Å². The standard InChI is InChI=1S/C10H8S/c11-10-6-4-8-2-1-3-9(8)5-7-10/h1-2,4-7H,3H2. The van der Waals surface area contributed by atoms with Crippen molar-refractivity contribution in [2.45, 2.75) is 6.42 Å². The van der Waals surface area contributed by atoms with Crippen LogP contribution in [0, 0.1) is 4.51 Å². The van der Waals surface area contributed by atoms with E-state index in [-0.39, 0.29) is 0 Å². The third kappa shape index (κ3) is 1.24. The maximum Gasteiger partial charge on any atom is 0.0377 e. The average Bonchev–Trinajstić information content (AvgIpc) is 2.38. The highest BCUT2D eigenvalue weighted by atomic mass is 32.1. The third-order valence-electron chi connectivity index (χ3n) is 1.88. The Morgan fingerprint density at radius 1 is 1.09 bits per heavy atom. The molecular weight excluding hydrogens is 152 g/mol. The third-order valence-corrected chi connectivity index (χ3v) is 2.15. The average molecular weight is 160 g/mol. The smallest absolute Gasteiger partial charge is 0.0377 e. The highest BCUT2D eigenvalue weighted by Crippen LogP contribution is 2.17. The molecule has 2 rings (SSSR count). The fourth-order valence-corrected chi connectivity index (χ4v) is 1.41. The zero-order valence-electron chi connectivity index (χ0n) is 6.08. The van der Waals surface area contributed by atoms with Gasteiger partial charge in [-0.05, 0) is 29.7 Å². The van der Waals surface area contributed by atoms with E-state index in [0.29, 0.717) is 0 Å². The second-order valence-electron chi connectivity index (χ2n) is 2.66. The molecule has 0 bridgehead atoms. The van der Waals surface area contributed by atoms with E-state index in [9.17, 15) is 0 Å². The van der Waals surface area contributed by atoms with Gasteiger partial charge in [0.2, 0.25) is 0 Å². The lowest BCUT2D eigenvalue weighted by Crippen LogP contribution is -1.72. The van der Waals surface area contributed by atoms with Crippen LogP contribution in [0.15, 0.2) is 30.3 Å². The number of rotatable bonds is 0. The summed E-state index contributed by atoms with van der Waals surface area (Å²) in [7, 11) is 0. The predicted octanol–water partition coefficient (Wildman–Crippen LogP) is 2.99. The number of hydrogen-bond donors (Lipinski definition) is 0. The molecule has 0 fully saturated rings. The lowest BCUT2D eigenvalue weighted by atomic mass is 10.2. The van der Waals surface area contributed by atoms with Crippen LogP contribution in [-0.2, 0) is 6.42 Å². The lowest BCUT2D eigenvalue weighted by Gasteiger charge is -1.87. The van der Waals surface area contributed by atoms with Crippen LogP contribution in [-0.4, -0.2) is 0 Å². The zero-order chi connectivity index (χ0) is 7.68. The first-order valence-electron chi connectivity index (χ1n) is 3.66. The summed E-state index contributed by atoms with van der Waals surface area (Å²) >= 11 is 5.05. The van der Waals surface area contributed by atoms with Gasteiger partial charge >= 0.3 is 0 Å². The van der Waals surface area contributed by atoms with Gasteiger partial charge in [-0.25, -0.2) is 0 Å². The molecule has 0 amide bonds. The van der Waals surface area contributed by atoms with Gasteiger partial charge in [0.1, 0.15) is 0 Å². The minimum absolute atomic E-state index is 0.910. The zero-order valence-corrected chi connectivity index (χ0v) is 6.90. The summed E-state index contributed by atoms with van der Waals surface area (Å²) in [5.41, 5.74) is 2.68. The van der Waals surface area contributed by atoms with Crippen molar-refractivity contribution in [3.05, 3.63) is 46.0 Å². The highest BCUT2D eigenvalue weighted by Gasteiger charge is 2.00. The number of hydrogen-bond acceptors (Lipinski definition) is 1. The van der Waals surface area contributed by atoms with Gasteiger partial charge in [0.25, 0.3) is 0 Å². The largest absolute Gasteiger partial charge is 0.0801 e. The minimum atomic E-state index is 0.910. The van der Waals surface area contributed by atoms with Crippen molar-refractivity contribution in [2.75, 3.05) is 0 Å². The van der Waals surface area contributed by atoms with E-state index in [4.69, 9.17) is 12.2 Å². The lowest BCUT2D eigenvalue weighted by molar-refractivity contribution is 1.32. The summed E-state index contributed by atoms with van der Waals surface area (Å²) in [5, 5.41) is 0. The van der Waals surface area contributed by atoms with Gasteiger partial charge in [-0.15, -0.1) is 0 Å². The molecule has 0 spiro atoms. The molecule has 0 aromatic heterocycles. The molecule has 1 aliphatic rings. The second kappa shape index (κ2) is 2.59. The first-order chi connectivity index (χ1) is 5.36. The molecule has 0 saturated heterocycles. The Hall–Kier alpha value is -0.950. The van der Waals surface area contributed by atoms with Crippen molar-refractivity contribution >= 4 is 18.3 Å². The summed E-state index contributed by atoms with van der Waals surface area (Å²) in [4.78, 5) is 0. The van der Waals surface area contributed by atoms with Crippen LogP contribution >= 0.6 is 12.2 Å². The monoisotopic (exact) mass is 160 g/mol. The van der Waals surface area contributed by atoms with Gasteiger partial charge in [0.15, 0.2) is 0 Å². The van der Waals surface area contributed by atoms with Crippen LogP contribution in [0.4, 0.5) is 0 Å². The topological polar surface area (TPSA) is 0 Å².